The summed E-state index contributed by atoms with van der Waals surface area (Å²) in [6.45, 7) is 2.18. The summed E-state index contributed by atoms with van der Waals surface area (Å²) in [6, 6.07) is 8.48. The van der Waals surface area contributed by atoms with E-state index in [1.165, 1.54) is 6.92 Å². The zero-order valence-corrected chi connectivity index (χ0v) is 17.7. The molecule has 1 heterocycles. The van der Waals surface area contributed by atoms with Gasteiger partial charge in [-0.3, -0.25) is 14.6 Å². The van der Waals surface area contributed by atoms with E-state index >= 15 is 0 Å². The van der Waals surface area contributed by atoms with Crippen molar-refractivity contribution in [1.29, 1.82) is 0 Å². The number of ketones is 1. The van der Waals surface area contributed by atoms with Crippen LogP contribution in [-0.2, 0) is 0 Å². The Morgan fingerprint density at radius 3 is 2.52 bits per heavy atom. The first-order valence-electron chi connectivity index (χ1n) is 9.58. The highest BCUT2D eigenvalue weighted by Gasteiger charge is 2.24. The highest BCUT2D eigenvalue weighted by Crippen LogP contribution is 2.27. The second kappa shape index (κ2) is 9.57. The number of Topliss-reactive ketones (excluding diaryl/α,β-unsaturated/α-hetero) is 1. The van der Waals surface area contributed by atoms with Crippen LogP contribution in [0.15, 0.2) is 36.5 Å². The fourth-order valence-corrected chi connectivity index (χ4v) is 3.95. The predicted octanol–water partition coefficient (Wildman–Crippen LogP) is 4.26. The van der Waals surface area contributed by atoms with Crippen molar-refractivity contribution in [2.24, 2.45) is 11.8 Å². The molecule has 0 saturated heterocycles. The van der Waals surface area contributed by atoms with Crippen LogP contribution in [0, 0.1) is 5.92 Å². The van der Waals surface area contributed by atoms with Gasteiger partial charge in [-0.25, -0.2) is 5.84 Å². The molecule has 3 N–H and O–H groups in total. The van der Waals surface area contributed by atoms with Crippen LogP contribution in [0.5, 0.6) is 0 Å². The second-order valence-electron chi connectivity index (χ2n) is 7.43. The van der Waals surface area contributed by atoms with E-state index in [2.05, 4.69) is 10.3 Å². The minimum absolute atomic E-state index is 0.0699. The van der Waals surface area contributed by atoms with Gasteiger partial charge in [-0.15, -0.1) is 0 Å². The average molecular weight is 435 g/mol. The summed E-state index contributed by atoms with van der Waals surface area (Å²) in [5.74, 6) is 6.35. The summed E-state index contributed by atoms with van der Waals surface area (Å²) in [5.41, 5.74) is 1.61. The highest BCUT2D eigenvalue weighted by molar-refractivity contribution is 6.35. The molecule has 1 aliphatic rings. The van der Waals surface area contributed by atoms with Gasteiger partial charge in [0.25, 0.3) is 5.91 Å². The normalized spacial score (nSPS) is 18.9. The fraction of sp³-hybridized carbons (Fsp3) is 0.381. The summed E-state index contributed by atoms with van der Waals surface area (Å²) >= 11 is 12.1. The maximum absolute atomic E-state index is 12.5. The van der Waals surface area contributed by atoms with E-state index in [4.69, 9.17) is 29.0 Å². The van der Waals surface area contributed by atoms with E-state index in [9.17, 15) is 9.59 Å². The third-order valence-corrected chi connectivity index (χ3v) is 5.81. The lowest BCUT2D eigenvalue weighted by molar-refractivity contribution is 0.0921. The lowest BCUT2D eigenvalue weighted by atomic mass is 9.85. The zero-order chi connectivity index (χ0) is 21.0. The van der Waals surface area contributed by atoms with Crippen LogP contribution < -0.4 is 16.2 Å². The van der Waals surface area contributed by atoms with Crippen LogP contribution in [0.4, 0.5) is 5.69 Å². The van der Waals surface area contributed by atoms with Gasteiger partial charge in [-0.05, 0) is 61.9 Å². The molecular weight excluding hydrogens is 411 g/mol. The van der Waals surface area contributed by atoms with Crippen molar-refractivity contribution in [2.75, 3.05) is 11.6 Å². The molecule has 0 atom stereocenters. The first kappa shape index (κ1) is 21.6. The lowest BCUT2D eigenvalue weighted by Gasteiger charge is -2.32. The van der Waals surface area contributed by atoms with Gasteiger partial charge in [0, 0.05) is 24.5 Å². The first-order valence-corrected chi connectivity index (χ1v) is 10.3. The molecule has 1 aromatic carbocycles. The van der Waals surface area contributed by atoms with Crippen molar-refractivity contribution in [3.63, 3.8) is 0 Å². The standard InChI is InChI=1S/C21H24Cl2N4O2/c1-13(28)20-9-7-17(11-25-20)27(24)12-14-2-5-16(6-3-14)26-21(29)18-10-15(22)4-8-19(18)23/h4,7-11,14,16H,2-3,5-6,12,24H2,1H3,(H,26,29)/t14-,16-. The minimum atomic E-state index is -0.196. The Bertz CT molecular complexity index is 881. The molecule has 0 spiro atoms. The SMILES string of the molecule is CC(=O)c1ccc(N(N)C[C@H]2CC[C@H](NC(=O)c3cc(Cl)ccc3Cl)CC2)cn1. The zero-order valence-electron chi connectivity index (χ0n) is 16.2. The topological polar surface area (TPSA) is 88.3 Å². The third kappa shape index (κ3) is 5.69. The van der Waals surface area contributed by atoms with E-state index in [-0.39, 0.29) is 17.7 Å². The average Bonchev–Trinajstić information content (AvgIpc) is 2.71. The molecule has 3 rings (SSSR count). The molecule has 29 heavy (non-hydrogen) atoms. The molecule has 6 nitrogen and oxygen atoms in total. The molecule has 2 aromatic rings. The lowest BCUT2D eigenvalue weighted by Crippen LogP contribution is -2.41. The number of hydrazine groups is 1. The second-order valence-corrected chi connectivity index (χ2v) is 8.27. The van der Waals surface area contributed by atoms with Crippen molar-refractivity contribution in [1.82, 2.24) is 10.3 Å². The third-order valence-electron chi connectivity index (χ3n) is 5.25. The van der Waals surface area contributed by atoms with Gasteiger partial charge in [0.2, 0.25) is 0 Å². The smallest absolute Gasteiger partial charge is 0.253 e. The van der Waals surface area contributed by atoms with E-state index < -0.39 is 0 Å². The molecule has 0 aliphatic heterocycles. The number of carbonyl (C=O) groups is 2. The van der Waals surface area contributed by atoms with Crippen molar-refractivity contribution in [3.05, 3.63) is 57.8 Å². The van der Waals surface area contributed by atoms with E-state index in [1.54, 1.807) is 35.5 Å². The summed E-state index contributed by atoms with van der Waals surface area (Å²) < 4.78 is 0. The maximum Gasteiger partial charge on any atom is 0.253 e. The molecule has 1 amide bonds. The van der Waals surface area contributed by atoms with Gasteiger partial charge in [0.15, 0.2) is 5.78 Å². The number of pyridine rings is 1. The number of carbonyl (C=O) groups excluding carboxylic acids is 2. The molecule has 1 fully saturated rings. The molecule has 8 heteroatoms. The van der Waals surface area contributed by atoms with Gasteiger partial charge in [-0.2, -0.15) is 0 Å². The summed E-state index contributed by atoms with van der Waals surface area (Å²) in [5, 5.41) is 5.61. The number of hydrogen-bond donors (Lipinski definition) is 2. The number of aromatic nitrogens is 1. The molecule has 1 aliphatic carbocycles. The molecule has 0 radical (unpaired) electrons. The Morgan fingerprint density at radius 2 is 1.90 bits per heavy atom. The summed E-state index contributed by atoms with van der Waals surface area (Å²) in [4.78, 5) is 28.0. The Labute approximate surface area is 180 Å². The van der Waals surface area contributed by atoms with Crippen LogP contribution in [0.1, 0.15) is 53.5 Å². The van der Waals surface area contributed by atoms with Crippen molar-refractivity contribution in [3.8, 4) is 0 Å². The van der Waals surface area contributed by atoms with E-state index in [1.807, 2.05) is 6.07 Å². The first-order chi connectivity index (χ1) is 13.8. The number of anilines is 1. The number of nitrogens with zero attached hydrogens (tertiary/aromatic N) is 2. The Hall–Kier alpha value is -2.15. The molecule has 1 aromatic heterocycles. The van der Waals surface area contributed by atoms with Crippen LogP contribution >= 0.6 is 23.2 Å². The number of halogens is 2. The molecule has 0 unspecified atom stereocenters. The number of amides is 1. The molecular formula is C21H24Cl2N4O2. The molecule has 1 saturated carbocycles. The fourth-order valence-electron chi connectivity index (χ4n) is 3.57. The Kier molecular flexibility index (Phi) is 7.11. The van der Waals surface area contributed by atoms with Crippen LogP contribution in [0.3, 0.4) is 0 Å². The quantitative estimate of drug-likeness (QED) is 0.402. The van der Waals surface area contributed by atoms with Gasteiger partial charge in [-0.1, -0.05) is 23.2 Å². The molecule has 154 valence electrons. The van der Waals surface area contributed by atoms with Crippen molar-refractivity contribution < 1.29 is 9.59 Å². The highest BCUT2D eigenvalue weighted by atomic mass is 35.5. The van der Waals surface area contributed by atoms with E-state index in [0.717, 1.165) is 31.4 Å². The number of nitrogens with one attached hydrogen (secondary N) is 1. The Balaban J connectivity index is 1.49. The van der Waals surface area contributed by atoms with E-state index in [0.29, 0.717) is 33.8 Å². The number of hydrogen-bond acceptors (Lipinski definition) is 5. The Morgan fingerprint density at radius 1 is 1.17 bits per heavy atom. The largest absolute Gasteiger partial charge is 0.349 e. The summed E-state index contributed by atoms with van der Waals surface area (Å²) in [7, 11) is 0. The monoisotopic (exact) mass is 434 g/mol. The number of benzene rings is 1. The van der Waals surface area contributed by atoms with Gasteiger partial charge in [0.1, 0.15) is 5.69 Å². The maximum atomic E-state index is 12.5. The predicted molar refractivity (Wildman–Crippen MR) is 115 cm³/mol. The molecule has 0 bridgehead atoms. The van der Waals surface area contributed by atoms with Crippen LogP contribution in [-0.4, -0.2) is 29.3 Å². The van der Waals surface area contributed by atoms with Gasteiger partial charge >= 0.3 is 0 Å². The summed E-state index contributed by atoms with van der Waals surface area (Å²) in [6.07, 6.45) is 5.30. The van der Waals surface area contributed by atoms with Gasteiger partial charge < -0.3 is 10.3 Å². The van der Waals surface area contributed by atoms with Crippen molar-refractivity contribution >= 4 is 40.6 Å². The van der Waals surface area contributed by atoms with Crippen LogP contribution in [0.25, 0.3) is 0 Å². The number of rotatable bonds is 6. The van der Waals surface area contributed by atoms with Gasteiger partial charge in [0.05, 0.1) is 22.5 Å². The number of nitrogens with two attached hydrogens (primary N) is 1. The van der Waals surface area contributed by atoms with Crippen LogP contribution in [0.2, 0.25) is 10.0 Å². The minimum Gasteiger partial charge on any atom is -0.349 e. The van der Waals surface area contributed by atoms with Crippen molar-refractivity contribution in [2.45, 2.75) is 38.6 Å².